The van der Waals surface area contributed by atoms with Gasteiger partial charge in [-0.25, -0.2) is 0 Å². The molecule has 3 N–H and O–H groups in total. The van der Waals surface area contributed by atoms with Crippen molar-refractivity contribution in [3.63, 3.8) is 0 Å². The van der Waals surface area contributed by atoms with E-state index in [2.05, 4.69) is 0 Å². The molecule has 1 heterocycles. The minimum absolute atomic E-state index is 0.103. The molecular formula is C19H19N2O4S-. The summed E-state index contributed by atoms with van der Waals surface area (Å²) >= 11 is -2.20. The molecule has 0 saturated carbocycles. The van der Waals surface area contributed by atoms with Crippen LogP contribution >= 0.6 is 0 Å². The van der Waals surface area contributed by atoms with Crippen LogP contribution in [-0.4, -0.2) is 24.4 Å². The van der Waals surface area contributed by atoms with Crippen molar-refractivity contribution in [3.05, 3.63) is 59.3 Å². The van der Waals surface area contributed by atoms with Gasteiger partial charge in [-0.2, -0.15) is 0 Å². The summed E-state index contributed by atoms with van der Waals surface area (Å²) in [5, 5.41) is 10.2. The zero-order valence-electron chi connectivity index (χ0n) is 14.3. The van der Waals surface area contributed by atoms with Gasteiger partial charge in [-0.3, -0.25) is 9.00 Å². The lowest BCUT2D eigenvalue weighted by Crippen LogP contribution is -2.10. The molecule has 0 amide bonds. The van der Waals surface area contributed by atoms with Crippen LogP contribution < -0.4 is 5.73 Å². The van der Waals surface area contributed by atoms with Crippen LogP contribution in [0.25, 0.3) is 22.0 Å². The van der Waals surface area contributed by atoms with Crippen LogP contribution in [0.15, 0.2) is 42.5 Å². The van der Waals surface area contributed by atoms with Crippen molar-refractivity contribution in [2.45, 2.75) is 25.8 Å². The Kier molecular flexibility index (Phi) is 5.22. The fourth-order valence-corrected chi connectivity index (χ4v) is 3.71. The monoisotopic (exact) mass is 371 g/mol. The molecule has 136 valence electrons. The van der Waals surface area contributed by atoms with Crippen molar-refractivity contribution < 1.29 is 18.7 Å². The number of carboxylic acids is 1. The van der Waals surface area contributed by atoms with Gasteiger partial charge in [-0.15, -0.1) is 0 Å². The standard InChI is InChI=1S/C19H20N2O4S/c1-12-19(15-5-2-13(9-20)3-6-15)16-7-4-14(11-26(24)25)8-17(16)21(12)10-18(22)23/h2-8H,9-11,20H2,1H3,(H,22,23)(H,24,25)/p-1. The Morgan fingerprint density at radius 2 is 1.85 bits per heavy atom. The predicted octanol–water partition coefficient (Wildman–Crippen LogP) is 2.54. The molecular weight excluding hydrogens is 352 g/mol. The minimum Gasteiger partial charge on any atom is -0.772 e. The van der Waals surface area contributed by atoms with Crippen LogP contribution in [0.3, 0.4) is 0 Å². The summed E-state index contributed by atoms with van der Waals surface area (Å²) in [6.07, 6.45) is 0. The average Bonchev–Trinajstić information content (AvgIpc) is 2.86. The number of hydrogen-bond acceptors (Lipinski definition) is 4. The highest BCUT2D eigenvalue weighted by Gasteiger charge is 2.17. The number of nitrogens with two attached hydrogens (primary N) is 1. The van der Waals surface area contributed by atoms with Crippen molar-refractivity contribution >= 4 is 28.0 Å². The summed E-state index contributed by atoms with van der Waals surface area (Å²) in [6.45, 7) is 2.14. The topological polar surface area (TPSA) is 108 Å². The number of benzene rings is 2. The van der Waals surface area contributed by atoms with Gasteiger partial charge >= 0.3 is 5.97 Å². The number of rotatable bonds is 6. The van der Waals surface area contributed by atoms with E-state index in [1.807, 2.05) is 37.3 Å². The Hall–Kier alpha value is -2.48. The van der Waals surface area contributed by atoms with E-state index in [4.69, 9.17) is 5.73 Å². The molecule has 3 aromatic rings. The molecule has 0 aliphatic carbocycles. The molecule has 7 heteroatoms. The molecule has 6 nitrogen and oxygen atoms in total. The molecule has 1 unspecified atom stereocenters. The highest BCUT2D eigenvalue weighted by Crippen LogP contribution is 2.35. The number of carboxylic acid groups (broad SMARTS) is 1. The maximum Gasteiger partial charge on any atom is 0.323 e. The van der Waals surface area contributed by atoms with E-state index in [0.29, 0.717) is 17.6 Å². The first-order valence-corrected chi connectivity index (χ1v) is 9.34. The molecule has 1 atom stereocenters. The zero-order chi connectivity index (χ0) is 18.8. The van der Waals surface area contributed by atoms with Gasteiger partial charge in [0.05, 0.1) is 0 Å². The normalized spacial score (nSPS) is 12.4. The van der Waals surface area contributed by atoms with Crippen LogP contribution in [0.4, 0.5) is 0 Å². The number of nitrogens with zero attached hydrogens (tertiary/aromatic N) is 1. The smallest absolute Gasteiger partial charge is 0.323 e. The summed E-state index contributed by atoms with van der Waals surface area (Å²) in [5.74, 6) is -1.05. The first-order chi connectivity index (χ1) is 12.4. The third kappa shape index (κ3) is 3.55. The van der Waals surface area contributed by atoms with E-state index < -0.39 is 17.0 Å². The van der Waals surface area contributed by atoms with Crippen LogP contribution in [0, 0.1) is 6.92 Å². The van der Waals surface area contributed by atoms with E-state index >= 15 is 0 Å². The summed E-state index contributed by atoms with van der Waals surface area (Å²) in [4.78, 5) is 11.3. The highest BCUT2D eigenvalue weighted by atomic mass is 32.2. The Morgan fingerprint density at radius 3 is 2.42 bits per heavy atom. The van der Waals surface area contributed by atoms with Gasteiger partial charge < -0.3 is 20.0 Å². The number of hydrogen-bond donors (Lipinski definition) is 2. The molecule has 26 heavy (non-hydrogen) atoms. The Morgan fingerprint density at radius 1 is 1.19 bits per heavy atom. The average molecular weight is 371 g/mol. The quantitative estimate of drug-likeness (QED) is 0.647. The van der Waals surface area contributed by atoms with Crippen LogP contribution in [0.2, 0.25) is 0 Å². The molecule has 0 fully saturated rings. The minimum atomic E-state index is -2.20. The molecule has 0 spiro atoms. The second-order valence-electron chi connectivity index (χ2n) is 6.14. The first-order valence-electron chi connectivity index (χ1n) is 8.09. The lowest BCUT2D eigenvalue weighted by Gasteiger charge is -2.08. The lowest BCUT2D eigenvalue weighted by atomic mass is 10.0. The predicted molar refractivity (Wildman–Crippen MR) is 100 cm³/mol. The largest absolute Gasteiger partial charge is 0.772 e. The molecule has 0 radical (unpaired) electrons. The molecule has 0 aliphatic rings. The van der Waals surface area contributed by atoms with Gasteiger partial charge in [-0.05, 0) is 29.7 Å². The van der Waals surface area contributed by atoms with E-state index in [1.54, 1.807) is 16.7 Å². The van der Waals surface area contributed by atoms with E-state index in [9.17, 15) is 18.7 Å². The second-order valence-corrected chi connectivity index (χ2v) is 7.04. The molecule has 0 bridgehead atoms. The second kappa shape index (κ2) is 7.41. The summed E-state index contributed by atoms with van der Waals surface area (Å²) in [6, 6.07) is 13.2. The highest BCUT2D eigenvalue weighted by molar-refractivity contribution is 7.78. The number of aliphatic carboxylic acids is 1. The van der Waals surface area contributed by atoms with Crippen LogP contribution in [0.5, 0.6) is 0 Å². The van der Waals surface area contributed by atoms with Crippen molar-refractivity contribution in [3.8, 4) is 11.1 Å². The van der Waals surface area contributed by atoms with E-state index in [-0.39, 0.29) is 12.3 Å². The summed E-state index contributed by atoms with van der Waals surface area (Å²) in [7, 11) is 0. The Bertz CT molecular complexity index is 993. The molecule has 1 aromatic heterocycles. The molecule has 3 rings (SSSR count). The van der Waals surface area contributed by atoms with Gasteiger partial charge in [0.2, 0.25) is 0 Å². The van der Waals surface area contributed by atoms with Gasteiger partial charge in [0, 0.05) is 34.5 Å². The van der Waals surface area contributed by atoms with Crippen LogP contribution in [0.1, 0.15) is 16.8 Å². The fourth-order valence-electron chi connectivity index (χ4n) is 3.26. The third-order valence-electron chi connectivity index (χ3n) is 4.45. The first kappa shape index (κ1) is 18.3. The van der Waals surface area contributed by atoms with Crippen molar-refractivity contribution in [1.29, 1.82) is 0 Å². The van der Waals surface area contributed by atoms with Crippen molar-refractivity contribution in [1.82, 2.24) is 4.57 Å². The van der Waals surface area contributed by atoms with Gasteiger partial charge in [-0.1, -0.05) is 47.5 Å². The Labute approximate surface area is 153 Å². The molecule has 2 aromatic carbocycles. The maximum absolute atomic E-state index is 11.3. The van der Waals surface area contributed by atoms with Gasteiger partial charge in [0.1, 0.15) is 6.54 Å². The molecule has 0 saturated heterocycles. The third-order valence-corrected chi connectivity index (χ3v) is 5.01. The van der Waals surface area contributed by atoms with Crippen molar-refractivity contribution in [2.24, 2.45) is 5.73 Å². The number of fused-ring (bicyclic) bond motifs is 1. The van der Waals surface area contributed by atoms with Crippen LogP contribution in [-0.2, 0) is 34.7 Å². The molecule has 0 aliphatic heterocycles. The van der Waals surface area contributed by atoms with E-state index in [1.165, 1.54) is 0 Å². The number of carbonyl (C=O) groups is 1. The summed E-state index contributed by atoms with van der Waals surface area (Å²) < 4.78 is 23.7. The number of aromatic nitrogens is 1. The van der Waals surface area contributed by atoms with Gasteiger partial charge in [0.25, 0.3) is 0 Å². The van der Waals surface area contributed by atoms with Gasteiger partial charge in [0.15, 0.2) is 0 Å². The lowest BCUT2D eigenvalue weighted by molar-refractivity contribution is -0.137. The van der Waals surface area contributed by atoms with E-state index in [0.717, 1.165) is 27.8 Å². The fraction of sp³-hybridized carbons (Fsp3) is 0.211. The van der Waals surface area contributed by atoms with Crippen molar-refractivity contribution in [2.75, 3.05) is 0 Å². The summed E-state index contributed by atoms with van der Waals surface area (Å²) in [5.41, 5.74) is 10.7. The zero-order valence-corrected chi connectivity index (χ0v) is 15.1. The Balaban J connectivity index is 2.22. The maximum atomic E-state index is 11.3. The SMILES string of the molecule is Cc1c(-c2ccc(CN)cc2)c2ccc(CS(=O)[O-])cc2n1CC(=O)O.